The lowest BCUT2D eigenvalue weighted by molar-refractivity contribution is -0.139. The molecular weight excluding hydrogens is 238 g/mol. The second kappa shape index (κ2) is 6.01. The summed E-state index contributed by atoms with van der Waals surface area (Å²) in [6.07, 6.45) is 0.700. The lowest BCUT2D eigenvalue weighted by Crippen LogP contribution is -2.59. The highest BCUT2D eigenvalue weighted by Gasteiger charge is 2.34. The SMILES string of the molecule is NCCN1CC2CN(Cc3ccccc3)CC(C1)O2. The quantitative estimate of drug-likeness (QED) is 0.858. The first-order valence-electron chi connectivity index (χ1n) is 7.17. The van der Waals surface area contributed by atoms with Crippen LogP contribution in [0.1, 0.15) is 5.56 Å². The zero-order valence-electron chi connectivity index (χ0n) is 11.4. The van der Waals surface area contributed by atoms with Crippen molar-refractivity contribution < 1.29 is 4.74 Å². The van der Waals surface area contributed by atoms with Gasteiger partial charge >= 0.3 is 0 Å². The summed E-state index contributed by atoms with van der Waals surface area (Å²) >= 11 is 0. The van der Waals surface area contributed by atoms with Crippen LogP contribution in [0.2, 0.25) is 0 Å². The summed E-state index contributed by atoms with van der Waals surface area (Å²) in [4.78, 5) is 4.96. The van der Waals surface area contributed by atoms with Crippen molar-refractivity contribution in [2.45, 2.75) is 18.8 Å². The number of morpholine rings is 2. The number of nitrogens with zero attached hydrogens (tertiary/aromatic N) is 2. The van der Waals surface area contributed by atoms with Gasteiger partial charge in [0.25, 0.3) is 0 Å². The van der Waals surface area contributed by atoms with Gasteiger partial charge in [0.05, 0.1) is 12.2 Å². The Morgan fingerprint density at radius 3 is 2.26 bits per heavy atom. The molecule has 3 rings (SSSR count). The second-order valence-electron chi connectivity index (χ2n) is 5.61. The highest BCUT2D eigenvalue weighted by atomic mass is 16.5. The van der Waals surface area contributed by atoms with Crippen LogP contribution >= 0.6 is 0 Å². The first-order chi connectivity index (χ1) is 9.33. The monoisotopic (exact) mass is 261 g/mol. The van der Waals surface area contributed by atoms with E-state index in [0.29, 0.717) is 12.2 Å². The van der Waals surface area contributed by atoms with Crippen molar-refractivity contribution in [2.24, 2.45) is 5.73 Å². The Bertz CT molecular complexity index is 384. The van der Waals surface area contributed by atoms with Crippen molar-refractivity contribution in [1.29, 1.82) is 0 Å². The molecule has 104 valence electrons. The molecule has 4 nitrogen and oxygen atoms in total. The normalized spacial score (nSPS) is 28.5. The van der Waals surface area contributed by atoms with Crippen LogP contribution in [0.15, 0.2) is 30.3 Å². The van der Waals surface area contributed by atoms with Crippen molar-refractivity contribution in [2.75, 3.05) is 39.3 Å². The van der Waals surface area contributed by atoms with E-state index < -0.39 is 0 Å². The molecule has 4 heteroatoms. The van der Waals surface area contributed by atoms with Crippen LogP contribution in [0.3, 0.4) is 0 Å². The average molecular weight is 261 g/mol. The molecule has 2 saturated heterocycles. The van der Waals surface area contributed by atoms with Gasteiger partial charge in [-0.25, -0.2) is 0 Å². The predicted octanol–water partition coefficient (Wildman–Crippen LogP) is 0.530. The molecule has 2 fully saturated rings. The molecule has 2 atom stereocenters. The fourth-order valence-corrected chi connectivity index (χ4v) is 3.20. The van der Waals surface area contributed by atoms with E-state index in [1.807, 2.05) is 0 Å². The Morgan fingerprint density at radius 1 is 1.00 bits per heavy atom. The fraction of sp³-hybridized carbons (Fsp3) is 0.600. The molecule has 0 amide bonds. The Balaban J connectivity index is 1.57. The molecule has 19 heavy (non-hydrogen) atoms. The van der Waals surface area contributed by atoms with Gasteiger partial charge in [-0.1, -0.05) is 30.3 Å². The van der Waals surface area contributed by atoms with Gasteiger partial charge in [0, 0.05) is 45.8 Å². The molecule has 2 bridgehead atoms. The molecular formula is C15H23N3O. The van der Waals surface area contributed by atoms with Crippen LogP contribution in [0.5, 0.6) is 0 Å². The van der Waals surface area contributed by atoms with Crippen LogP contribution in [-0.4, -0.2) is 61.3 Å². The lowest BCUT2D eigenvalue weighted by Gasteiger charge is -2.45. The molecule has 2 N–H and O–H groups in total. The number of rotatable bonds is 4. The van der Waals surface area contributed by atoms with Crippen LogP contribution in [0.4, 0.5) is 0 Å². The van der Waals surface area contributed by atoms with E-state index >= 15 is 0 Å². The van der Waals surface area contributed by atoms with E-state index in [4.69, 9.17) is 10.5 Å². The minimum atomic E-state index is 0.350. The maximum Gasteiger partial charge on any atom is 0.0833 e. The van der Waals surface area contributed by atoms with E-state index in [1.165, 1.54) is 5.56 Å². The number of hydrogen-bond donors (Lipinski definition) is 1. The topological polar surface area (TPSA) is 41.7 Å². The highest BCUT2D eigenvalue weighted by molar-refractivity contribution is 5.14. The Kier molecular flexibility index (Phi) is 4.13. The summed E-state index contributed by atoms with van der Waals surface area (Å²) in [6, 6.07) is 10.7. The zero-order chi connectivity index (χ0) is 13.1. The maximum atomic E-state index is 6.04. The first-order valence-corrected chi connectivity index (χ1v) is 7.17. The number of nitrogens with two attached hydrogens (primary N) is 1. The Hall–Kier alpha value is -0.940. The molecule has 2 aliphatic heterocycles. The predicted molar refractivity (Wildman–Crippen MR) is 75.9 cm³/mol. The Morgan fingerprint density at radius 2 is 1.63 bits per heavy atom. The van der Waals surface area contributed by atoms with E-state index in [9.17, 15) is 0 Å². The van der Waals surface area contributed by atoms with Crippen molar-refractivity contribution in [3.05, 3.63) is 35.9 Å². The van der Waals surface area contributed by atoms with Crippen molar-refractivity contribution in [1.82, 2.24) is 9.80 Å². The summed E-state index contributed by atoms with van der Waals surface area (Å²) in [5, 5.41) is 0. The molecule has 0 saturated carbocycles. The highest BCUT2D eigenvalue weighted by Crippen LogP contribution is 2.20. The second-order valence-corrected chi connectivity index (χ2v) is 5.61. The molecule has 2 heterocycles. The van der Waals surface area contributed by atoms with Gasteiger partial charge < -0.3 is 10.5 Å². The molecule has 0 aliphatic carbocycles. The molecule has 0 spiro atoms. The molecule has 1 aromatic carbocycles. The zero-order valence-corrected chi connectivity index (χ0v) is 11.4. The van der Waals surface area contributed by atoms with Crippen molar-refractivity contribution in [3.8, 4) is 0 Å². The summed E-state index contributed by atoms with van der Waals surface area (Å²) in [6.45, 7) is 6.90. The van der Waals surface area contributed by atoms with Crippen LogP contribution in [0.25, 0.3) is 0 Å². The lowest BCUT2D eigenvalue weighted by atomic mass is 10.1. The Labute approximate surface area is 115 Å². The van der Waals surface area contributed by atoms with Gasteiger partial charge in [-0.05, 0) is 5.56 Å². The third-order valence-electron chi connectivity index (χ3n) is 3.93. The summed E-state index contributed by atoms with van der Waals surface area (Å²) in [5.41, 5.74) is 7.04. The molecule has 2 aliphatic rings. The maximum absolute atomic E-state index is 6.04. The third-order valence-corrected chi connectivity index (χ3v) is 3.93. The van der Waals surface area contributed by atoms with Crippen LogP contribution < -0.4 is 5.73 Å². The smallest absolute Gasteiger partial charge is 0.0833 e. The molecule has 0 radical (unpaired) electrons. The molecule has 2 unspecified atom stereocenters. The fourth-order valence-electron chi connectivity index (χ4n) is 3.20. The average Bonchev–Trinajstić information content (AvgIpc) is 2.39. The summed E-state index contributed by atoms with van der Waals surface area (Å²) in [5.74, 6) is 0. The van der Waals surface area contributed by atoms with Gasteiger partial charge in [-0.3, -0.25) is 9.80 Å². The van der Waals surface area contributed by atoms with E-state index in [2.05, 4.69) is 40.1 Å². The van der Waals surface area contributed by atoms with E-state index in [-0.39, 0.29) is 0 Å². The van der Waals surface area contributed by atoms with Gasteiger partial charge in [0.15, 0.2) is 0 Å². The van der Waals surface area contributed by atoms with Gasteiger partial charge in [-0.2, -0.15) is 0 Å². The number of benzene rings is 1. The molecule has 0 aromatic heterocycles. The standard InChI is InChI=1S/C15H23N3O/c16-6-7-17-9-14-11-18(12-15(10-17)19-14)8-13-4-2-1-3-5-13/h1-5,14-15H,6-12,16H2. The number of hydrogen-bond acceptors (Lipinski definition) is 4. The summed E-state index contributed by atoms with van der Waals surface area (Å²) in [7, 11) is 0. The molecule has 1 aromatic rings. The van der Waals surface area contributed by atoms with Crippen LogP contribution in [-0.2, 0) is 11.3 Å². The minimum Gasteiger partial charge on any atom is -0.370 e. The van der Waals surface area contributed by atoms with Crippen molar-refractivity contribution >= 4 is 0 Å². The van der Waals surface area contributed by atoms with Gasteiger partial charge in [-0.15, -0.1) is 0 Å². The van der Waals surface area contributed by atoms with E-state index in [1.54, 1.807) is 0 Å². The van der Waals surface area contributed by atoms with Crippen molar-refractivity contribution in [3.63, 3.8) is 0 Å². The van der Waals surface area contributed by atoms with Gasteiger partial charge in [0.2, 0.25) is 0 Å². The third kappa shape index (κ3) is 3.34. The summed E-state index contributed by atoms with van der Waals surface area (Å²) < 4.78 is 6.04. The largest absolute Gasteiger partial charge is 0.370 e. The number of fused-ring (bicyclic) bond motifs is 2. The van der Waals surface area contributed by atoms with E-state index in [0.717, 1.165) is 45.8 Å². The minimum absolute atomic E-state index is 0.350. The first kappa shape index (κ1) is 13.1. The van der Waals surface area contributed by atoms with Crippen LogP contribution in [0, 0.1) is 0 Å². The number of ether oxygens (including phenoxy) is 1. The van der Waals surface area contributed by atoms with Gasteiger partial charge in [0.1, 0.15) is 0 Å².